The van der Waals surface area contributed by atoms with E-state index in [-0.39, 0.29) is 23.5 Å². The van der Waals surface area contributed by atoms with Crippen LogP contribution in [0.3, 0.4) is 0 Å². The number of anilines is 1. The Morgan fingerprint density at radius 2 is 1.89 bits per heavy atom. The standard InChI is InChI=1S/C26H25ClN4O4S/c1-15-4-7-18(27)12-22(15)29-26(32)21-13-23(17-5-8-20(35-3)9-6-17)28-25-24(21)16(2)30-31(25)19-10-11-36(33,34)14-19/h4-9,12-13,19H,10-11,14H2,1-3H3,(H,29,32). The summed E-state index contributed by atoms with van der Waals surface area (Å²) in [7, 11) is -1.55. The highest BCUT2D eigenvalue weighted by Crippen LogP contribution is 2.33. The third-order valence-electron chi connectivity index (χ3n) is 6.47. The molecule has 4 aromatic rings. The molecule has 2 aromatic carbocycles. The molecule has 8 nitrogen and oxygen atoms in total. The van der Waals surface area contributed by atoms with Crippen molar-refractivity contribution < 1.29 is 17.9 Å². The van der Waals surface area contributed by atoms with Crippen LogP contribution in [0.4, 0.5) is 5.69 Å². The van der Waals surface area contributed by atoms with E-state index in [0.29, 0.717) is 50.9 Å². The minimum Gasteiger partial charge on any atom is -0.497 e. The topological polar surface area (TPSA) is 103 Å². The molecule has 0 radical (unpaired) electrons. The number of sulfone groups is 1. The Balaban J connectivity index is 1.68. The van der Waals surface area contributed by atoms with Gasteiger partial charge in [-0.05, 0) is 68.3 Å². The Hall–Kier alpha value is -3.43. The fraction of sp³-hybridized carbons (Fsp3) is 0.269. The fourth-order valence-corrected chi connectivity index (χ4v) is 6.41. The van der Waals surface area contributed by atoms with Crippen molar-refractivity contribution in [1.82, 2.24) is 14.8 Å². The maximum Gasteiger partial charge on any atom is 0.256 e. The minimum atomic E-state index is -3.14. The predicted octanol–water partition coefficient (Wildman–Crippen LogP) is 4.99. The molecule has 0 spiro atoms. The summed E-state index contributed by atoms with van der Waals surface area (Å²) in [6, 6.07) is 14.1. The lowest BCUT2D eigenvalue weighted by molar-refractivity contribution is 0.102. The number of nitrogens with zero attached hydrogens (tertiary/aromatic N) is 3. The Kier molecular flexibility index (Phi) is 6.22. The molecule has 1 saturated heterocycles. The van der Waals surface area contributed by atoms with Crippen molar-refractivity contribution in [1.29, 1.82) is 0 Å². The molecule has 1 N–H and O–H groups in total. The van der Waals surface area contributed by atoms with Crippen molar-refractivity contribution in [2.75, 3.05) is 23.9 Å². The van der Waals surface area contributed by atoms with Crippen molar-refractivity contribution >= 4 is 44.1 Å². The SMILES string of the molecule is COc1ccc(-c2cc(C(=O)Nc3cc(Cl)ccc3C)c3c(C)nn(C4CCS(=O)(=O)C4)c3n2)cc1. The molecule has 0 bridgehead atoms. The first-order chi connectivity index (χ1) is 17.1. The molecular formula is C26H25ClN4O4S. The smallest absolute Gasteiger partial charge is 0.256 e. The number of ether oxygens (including phenoxy) is 1. The molecule has 1 atom stereocenters. The van der Waals surface area contributed by atoms with Gasteiger partial charge >= 0.3 is 0 Å². The van der Waals surface area contributed by atoms with Crippen LogP contribution in [0.2, 0.25) is 5.02 Å². The van der Waals surface area contributed by atoms with Crippen molar-refractivity contribution in [3.05, 3.63) is 70.4 Å². The number of nitrogens with one attached hydrogen (secondary N) is 1. The number of methoxy groups -OCH3 is 1. The van der Waals surface area contributed by atoms with Crippen molar-refractivity contribution in [3.8, 4) is 17.0 Å². The Morgan fingerprint density at radius 1 is 1.14 bits per heavy atom. The third-order valence-corrected chi connectivity index (χ3v) is 8.45. The second kappa shape index (κ2) is 9.22. The molecule has 0 saturated carbocycles. The van der Waals surface area contributed by atoms with Crippen molar-refractivity contribution in [2.24, 2.45) is 0 Å². The van der Waals surface area contributed by atoms with Crippen molar-refractivity contribution in [2.45, 2.75) is 26.3 Å². The number of hydrogen-bond donors (Lipinski definition) is 1. The number of carbonyl (C=O) groups excluding carboxylic acids is 1. The number of pyridine rings is 1. The van der Waals surface area contributed by atoms with Gasteiger partial charge in [0, 0.05) is 16.3 Å². The molecule has 1 aliphatic heterocycles. The van der Waals surface area contributed by atoms with Crippen LogP contribution in [0.5, 0.6) is 5.75 Å². The summed E-state index contributed by atoms with van der Waals surface area (Å²) in [5.41, 5.74) is 4.32. The van der Waals surface area contributed by atoms with Gasteiger partial charge in [-0.2, -0.15) is 5.10 Å². The fourth-order valence-electron chi connectivity index (χ4n) is 4.54. The molecule has 2 aromatic heterocycles. The van der Waals surface area contributed by atoms with Crippen molar-refractivity contribution in [3.63, 3.8) is 0 Å². The quantitative estimate of drug-likeness (QED) is 0.394. The summed E-state index contributed by atoms with van der Waals surface area (Å²) < 4.78 is 31.3. The summed E-state index contributed by atoms with van der Waals surface area (Å²) in [4.78, 5) is 18.5. The van der Waals surface area contributed by atoms with Crippen LogP contribution in [0.25, 0.3) is 22.3 Å². The first kappa shape index (κ1) is 24.3. The molecule has 3 heterocycles. The molecule has 1 aliphatic rings. The monoisotopic (exact) mass is 524 g/mol. The number of carbonyl (C=O) groups is 1. The average Bonchev–Trinajstić information content (AvgIpc) is 3.39. The molecule has 186 valence electrons. The van der Waals surface area contributed by atoms with Gasteiger partial charge in [-0.1, -0.05) is 17.7 Å². The van der Waals surface area contributed by atoms with Crippen LogP contribution in [-0.2, 0) is 9.84 Å². The largest absolute Gasteiger partial charge is 0.497 e. The average molecular weight is 525 g/mol. The Bertz CT molecular complexity index is 1600. The number of benzene rings is 2. The number of halogens is 1. The highest BCUT2D eigenvalue weighted by atomic mass is 35.5. The van der Waals surface area contributed by atoms with E-state index >= 15 is 0 Å². The zero-order valence-electron chi connectivity index (χ0n) is 20.1. The van der Waals surface area contributed by atoms with E-state index in [2.05, 4.69) is 10.4 Å². The van der Waals surface area contributed by atoms with Gasteiger partial charge in [0.1, 0.15) is 5.75 Å². The molecule has 1 amide bonds. The van der Waals surface area contributed by atoms with E-state index in [9.17, 15) is 13.2 Å². The first-order valence-electron chi connectivity index (χ1n) is 11.5. The number of aryl methyl sites for hydroxylation is 2. The van der Waals surface area contributed by atoms with Gasteiger partial charge in [0.25, 0.3) is 5.91 Å². The Morgan fingerprint density at radius 3 is 2.56 bits per heavy atom. The van der Waals surface area contributed by atoms with E-state index in [1.165, 1.54) is 0 Å². The first-order valence-corrected chi connectivity index (χ1v) is 13.7. The lowest BCUT2D eigenvalue weighted by Gasteiger charge is -2.13. The maximum absolute atomic E-state index is 13.6. The van der Waals surface area contributed by atoms with Crippen LogP contribution in [0.1, 0.15) is 34.1 Å². The summed E-state index contributed by atoms with van der Waals surface area (Å²) in [6.45, 7) is 3.69. The highest BCUT2D eigenvalue weighted by molar-refractivity contribution is 7.91. The van der Waals surface area contributed by atoms with Gasteiger partial charge in [0.15, 0.2) is 15.5 Å². The lowest BCUT2D eigenvalue weighted by Crippen LogP contribution is -2.15. The molecule has 36 heavy (non-hydrogen) atoms. The van der Waals surface area contributed by atoms with Gasteiger partial charge in [-0.25, -0.2) is 18.1 Å². The van der Waals surface area contributed by atoms with E-state index in [4.69, 9.17) is 21.3 Å². The zero-order chi connectivity index (χ0) is 25.6. The second-order valence-electron chi connectivity index (χ2n) is 8.98. The lowest BCUT2D eigenvalue weighted by atomic mass is 10.0. The van der Waals surface area contributed by atoms with Gasteiger partial charge in [-0.15, -0.1) is 0 Å². The van der Waals surface area contributed by atoms with Gasteiger partial charge < -0.3 is 10.1 Å². The summed E-state index contributed by atoms with van der Waals surface area (Å²) in [6.07, 6.45) is 0.455. The number of hydrogen-bond acceptors (Lipinski definition) is 6. The Labute approximate surface area is 214 Å². The molecule has 10 heteroatoms. The van der Waals surface area contributed by atoms with E-state index in [1.807, 2.05) is 37.3 Å². The number of amides is 1. The second-order valence-corrected chi connectivity index (χ2v) is 11.6. The number of aromatic nitrogens is 3. The van der Waals surface area contributed by atoms with E-state index in [0.717, 1.165) is 11.1 Å². The molecule has 1 fully saturated rings. The number of rotatable bonds is 5. The van der Waals surface area contributed by atoms with Gasteiger partial charge in [-0.3, -0.25) is 4.79 Å². The maximum atomic E-state index is 13.6. The van der Waals surface area contributed by atoms with Crippen LogP contribution >= 0.6 is 11.6 Å². The summed E-state index contributed by atoms with van der Waals surface area (Å²) in [5.74, 6) is 0.480. The van der Waals surface area contributed by atoms with Crippen LogP contribution in [-0.4, -0.2) is 47.7 Å². The van der Waals surface area contributed by atoms with Gasteiger partial charge in [0.2, 0.25) is 0 Å². The minimum absolute atomic E-state index is 0.000895. The van der Waals surface area contributed by atoms with E-state index < -0.39 is 9.84 Å². The highest BCUT2D eigenvalue weighted by Gasteiger charge is 2.32. The van der Waals surface area contributed by atoms with E-state index in [1.54, 1.807) is 36.9 Å². The molecule has 0 aliphatic carbocycles. The molecule has 5 rings (SSSR count). The summed E-state index contributed by atoms with van der Waals surface area (Å²) in [5, 5.41) is 8.73. The molecule has 1 unspecified atom stereocenters. The van der Waals surface area contributed by atoms with Gasteiger partial charge in [0.05, 0.1) is 47.0 Å². The predicted molar refractivity (Wildman–Crippen MR) is 141 cm³/mol. The normalized spacial score (nSPS) is 16.8. The van der Waals surface area contributed by atoms with Crippen LogP contribution in [0.15, 0.2) is 48.5 Å². The third kappa shape index (κ3) is 4.56. The van der Waals surface area contributed by atoms with Crippen LogP contribution in [0, 0.1) is 13.8 Å². The summed E-state index contributed by atoms with van der Waals surface area (Å²) >= 11 is 6.16. The molecular weight excluding hydrogens is 500 g/mol. The van der Waals surface area contributed by atoms with Crippen LogP contribution < -0.4 is 10.1 Å². The number of fused-ring (bicyclic) bond motifs is 1. The zero-order valence-corrected chi connectivity index (χ0v) is 21.7.